The van der Waals surface area contributed by atoms with Gasteiger partial charge in [-0.15, -0.1) is 0 Å². The van der Waals surface area contributed by atoms with Gasteiger partial charge in [0.05, 0.1) is 16.8 Å². The second kappa shape index (κ2) is 6.58. The molecular formula is C16H21ClN4. The highest BCUT2D eigenvalue weighted by Crippen LogP contribution is 2.28. The average Bonchev–Trinajstić information content (AvgIpc) is 2.97. The van der Waals surface area contributed by atoms with Crippen molar-refractivity contribution in [1.82, 2.24) is 14.8 Å². The first-order chi connectivity index (χ1) is 10.2. The van der Waals surface area contributed by atoms with Crippen LogP contribution < -0.4 is 5.73 Å². The molecule has 4 nitrogen and oxygen atoms in total. The Labute approximate surface area is 130 Å². The van der Waals surface area contributed by atoms with Crippen LogP contribution in [0.2, 0.25) is 5.02 Å². The molecule has 5 heteroatoms. The van der Waals surface area contributed by atoms with Gasteiger partial charge in [-0.05, 0) is 30.5 Å². The maximum atomic E-state index is 6.25. The molecule has 1 aliphatic rings. The van der Waals surface area contributed by atoms with Gasteiger partial charge < -0.3 is 5.73 Å². The number of nitrogens with zero attached hydrogens (tertiary/aromatic N) is 3. The number of halogens is 1. The Balaban J connectivity index is 1.68. The van der Waals surface area contributed by atoms with Gasteiger partial charge >= 0.3 is 0 Å². The van der Waals surface area contributed by atoms with E-state index in [2.05, 4.69) is 21.9 Å². The minimum Gasteiger partial charge on any atom is -0.324 e. The molecule has 0 aromatic carbocycles. The summed E-state index contributed by atoms with van der Waals surface area (Å²) in [6, 6.07) is 4.37. The fourth-order valence-electron chi connectivity index (χ4n) is 3.06. The van der Waals surface area contributed by atoms with Crippen molar-refractivity contribution in [3.8, 4) is 0 Å². The second-order valence-corrected chi connectivity index (χ2v) is 6.19. The van der Waals surface area contributed by atoms with E-state index in [1.807, 2.05) is 6.07 Å². The lowest BCUT2D eigenvalue weighted by Gasteiger charge is -2.21. The van der Waals surface area contributed by atoms with E-state index in [4.69, 9.17) is 22.4 Å². The second-order valence-electron chi connectivity index (χ2n) is 5.79. The lowest BCUT2D eigenvalue weighted by atomic mass is 9.96. The summed E-state index contributed by atoms with van der Waals surface area (Å²) >= 11 is 6.14. The van der Waals surface area contributed by atoms with Crippen LogP contribution in [0.15, 0.2) is 30.7 Å². The van der Waals surface area contributed by atoms with Crippen LogP contribution in [0.1, 0.15) is 55.4 Å². The number of hydrogen-bond donors (Lipinski definition) is 1. The fraction of sp³-hybridized carbons (Fsp3) is 0.500. The molecule has 0 saturated heterocycles. The predicted molar refractivity (Wildman–Crippen MR) is 84.2 cm³/mol. The Bertz CT molecular complexity index is 589. The minimum absolute atomic E-state index is 0.143. The van der Waals surface area contributed by atoms with E-state index in [9.17, 15) is 0 Å². The van der Waals surface area contributed by atoms with Crippen LogP contribution in [0, 0.1) is 0 Å². The monoisotopic (exact) mass is 304 g/mol. The largest absolute Gasteiger partial charge is 0.324 e. The quantitative estimate of drug-likeness (QED) is 0.937. The summed E-state index contributed by atoms with van der Waals surface area (Å²) < 4.78 is 2.12. The summed E-state index contributed by atoms with van der Waals surface area (Å²) in [6.07, 6.45) is 12.6. The summed E-state index contributed by atoms with van der Waals surface area (Å²) in [5.41, 5.74) is 8.21. The van der Waals surface area contributed by atoms with Crippen LogP contribution in [0.4, 0.5) is 0 Å². The molecule has 0 aliphatic heterocycles. The van der Waals surface area contributed by atoms with E-state index in [0.29, 0.717) is 17.5 Å². The molecule has 1 atom stereocenters. The van der Waals surface area contributed by atoms with Crippen molar-refractivity contribution in [3.63, 3.8) is 0 Å². The van der Waals surface area contributed by atoms with Crippen LogP contribution in [-0.2, 0) is 6.42 Å². The molecule has 1 saturated carbocycles. The molecule has 1 aliphatic carbocycles. The van der Waals surface area contributed by atoms with Crippen molar-refractivity contribution < 1.29 is 0 Å². The smallest absolute Gasteiger partial charge is 0.0643 e. The van der Waals surface area contributed by atoms with E-state index < -0.39 is 0 Å². The normalized spacial score (nSPS) is 17.8. The number of nitrogens with two attached hydrogens (primary N) is 1. The van der Waals surface area contributed by atoms with Crippen molar-refractivity contribution >= 4 is 11.6 Å². The summed E-state index contributed by atoms with van der Waals surface area (Å²) in [6.45, 7) is 0. The standard InChI is InChI=1S/C16H21ClN4/c17-15-11-19-8-6-14(15)16(18)10-12-7-9-21(20-12)13-4-2-1-3-5-13/h6-9,11,13,16H,1-5,10,18H2. The molecule has 2 N–H and O–H groups in total. The highest BCUT2D eigenvalue weighted by Gasteiger charge is 2.17. The number of aromatic nitrogens is 3. The van der Waals surface area contributed by atoms with Crippen molar-refractivity contribution in [1.29, 1.82) is 0 Å². The van der Waals surface area contributed by atoms with Crippen molar-refractivity contribution in [2.45, 2.75) is 50.6 Å². The number of pyridine rings is 1. The van der Waals surface area contributed by atoms with Crippen LogP contribution in [0.5, 0.6) is 0 Å². The van der Waals surface area contributed by atoms with Crippen molar-refractivity contribution in [2.75, 3.05) is 0 Å². The molecule has 0 radical (unpaired) electrons. The van der Waals surface area contributed by atoms with Crippen molar-refractivity contribution in [2.24, 2.45) is 5.73 Å². The molecule has 21 heavy (non-hydrogen) atoms. The van der Waals surface area contributed by atoms with Gasteiger partial charge in [0.2, 0.25) is 0 Å². The average molecular weight is 305 g/mol. The van der Waals surface area contributed by atoms with Gasteiger partial charge in [-0.3, -0.25) is 9.67 Å². The van der Waals surface area contributed by atoms with Crippen molar-refractivity contribution in [3.05, 3.63) is 47.0 Å². The SMILES string of the molecule is NC(Cc1ccn(C2CCCCC2)n1)c1ccncc1Cl. The van der Waals surface area contributed by atoms with E-state index in [-0.39, 0.29) is 6.04 Å². The predicted octanol–water partition coefficient (Wildman–Crippen LogP) is 3.68. The lowest BCUT2D eigenvalue weighted by Crippen LogP contribution is -2.16. The maximum Gasteiger partial charge on any atom is 0.0643 e. The van der Waals surface area contributed by atoms with Gasteiger partial charge in [0.15, 0.2) is 0 Å². The first-order valence-corrected chi connectivity index (χ1v) is 8.01. The van der Waals surface area contributed by atoms with Crippen LogP contribution >= 0.6 is 11.6 Å². The van der Waals surface area contributed by atoms with Crippen LogP contribution in [-0.4, -0.2) is 14.8 Å². The topological polar surface area (TPSA) is 56.7 Å². The molecule has 3 rings (SSSR count). The Morgan fingerprint density at radius 2 is 2.10 bits per heavy atom. The van der Waals surface area contributed by atoms with E-state index in [0.717, 1.165) is 11.3 Å². The molecule has 0 bridgehead atoms. The zero-order valence-electron chi connectivity index (χ0n) is 12.1. The van der Waals surface area contributed by atoms with E-state index >= 15 is 0 Å². The zero-order chi connectivity index (χ0) is 14.7. The zero-order valence-corrected chi connectivity index (χ0v) is 12.8. The molecule has 1 unspecified atom stereocenters. The van der Waals surface area contributed by atoms with Gasteiger partial charge in [0.1, 0.15) is 0 Å². The summed E-state index contributed by atoms with van der Waals surface area (Å²) in [4.78, 5) is 3.99. The lowest BCUT2D eigenvalue weighted by molar-refractivity contribution is 0.328. The molecule has 112 valence electrons. The Morgan fingerprint density at radius 3 is 2.86 bits per heavy atom. The maximum absolute atomic E-state index is 6.25. The molecule has 2 aromatic rings. The van der Waals surface area contributed by atoms with Gasteiger partial charge in [-0.2, -0.15) is 5.10 Å². The molecule has 0 amide bonds. The minimum atomic E-state index is -0.143. The van der Waals surface area contributed by atoms with Gasteiger partial charge in [-0.1, -0.05) is 30.9 Å². The van der Waals surface area contributed by atoms with Crippen LogP contribution in [0.3, 0.4) is 0 Å². The first kappa shape index (κ1) is 14.5. The molecule has 2 heterocycles. The molecule has 2 aromatic heterocycles. The molecule has 0 spiro atoms. The highest BCUT2D eigenvalue weighted by molar-refractivity contribution is 6.31. The summed E-state index contributed by atoms with van der Waals surface area (Å²) in [5, 5.41) is 5.33. The third-order valence-corrected chi connectivity index (χ3v) is 4.56. The summed E-state index contributed by atoms with van der Waals surface area (Å²) in [7, 11) is 0. The number of hydrogen-bond acceptors (Lipinski definition) is 3. The van der Waals surface area contributed by atoms with Gasteiger partial charge in [0.25, 0.3) is 0 Å². The Morgan fingerprint density at radius 1 is 1.29 bits per heavy atom. The van der Waals surface area contributed by atoms with E-state index in [1.54, 1.807) is 12.4 Å². The fourth-order valence-corrected chi connectivity index (χ4v) is 3.32. The first-order valence-electron chi connectivity index (χ1n) is 7.63. The molecule has 1 fully saturated rings. The number of rotatable bonds is 4. The Kier molecular flexibility index (Phi) is 4.56. The highest BCUT2D eigenvalue weighted by atomic mass is 35.5. The molecular weight excluding hydrogens is 284 g/mol. The summed E-state index contributed by atoms with van der Waals surface area (Å²) in [5.74, 6) is 0. The Hall–Kier alpha value is -1.39. The van der Waals surface area contributed by atoms with Gasteiger partial charge in [-0.25, -0.2) is 0 Å². The van der Waals surface area contributed by atoms with Gasteiger partial charge in [0, 0.05) is 31.1 Å². The van der Waals surface area contributed by atoms with E-state index in [1.165, 1.54) is 32.1 Å². The van der Waals surface area contributed by atoms with Crippen LogP contribution in [0.25, 0.3) is 0 Å². The third kappa shape index (κ3) is 3.44. The third-order valence-electron chi connectivity index (χ3n) is 4.24.